The monoisotopic (exact) mass is 318 g/mol. The molecule has 2 N–H and O–H groups in total. The third-order valence-corrected chi connectivity index (χ3v) is 3.79. The molecular formula is C19H30N2O2. The van der Waals surface area contributed by atoms with Gasteiger partial charge in [0.1, 0.15) is 5.60 Å². The molecule has 2 rings (SSSR count). The molecule has 0 aliphatic heterocycles. The molecular weight excluding hydrogens is 288 g/mol. The first-order valence-electron chi connectivity index (χ1n) is 8.46. The zero-order valence-electron chi connectivity index (χ0n) is 15.0. The van der Waals surface area contributed by atoms with E-state index in [9.17, 15) is 4.79 Å². The molecule has 0 radical (unpaired) electrons. The Hall–Kier alpha value is -1.55. The van der Waals surface area contributed by atoms with Gasteiger partial charge in [-0.25, -0.2) is 4.79 Å². The van der Waals surface area contributed by atoms with Gasteiger partial charge in [0, 0.05) is 13.1 Å². The van der Waals surface area contributed by atoms with Crippen molar-refractivity contribution in [1.82, 2.24) is 10.6 Å². The fraction of sp³-hybridized carbons (Fsp3) is 0.632. The minimum atomic E-state index is -0.475. The number of alkyl carbamates (subject to hydrolysis) is 1. The standard InChI is InChI=1S/C19H30N2O2/c1-18(2,3)23-17(22)21-19(4,5)13-20-12-15-8-6-7-9-16(15)14-10-11-14/h6-9,14,20H,10-13H2,1-5H3,(H,21,22). The molecule has 1 fully saturated rings. The van der Waals surface area contributed by atoms with Crippen LogP contribution in [0.2, 0.25) is 0 Å². The highest BCUT2D eigenvalue weighted by atomic mass is 16.6. The number of ether oxygens (including phenoxy) is 1. The maximum absolute atomic E-state index is 11.9. The van der Waals surface area contributed by atoms with Crippen LogP contribution < -0.4 is 10.6 Å². The fourth-order valence-electron chi connectivity index (χ4n) is 2.62. The molecule has 1 amide bonds. The van der Waals surface area contributed by atoms with Crippen molar-refractivity contribution in [3.8, 4) is 0 Å². The highest BCUT2D eigenvalue weighted by molar-refractivity contribution is 5.68. The van der Waals surface area contributed by atoms with Crippen molar-refractivity contribution in [2.24, 2.45) is 0 Å². The van der Waals surface area contributed by atoms with Gasteiger partial charge in [-0.3, -0.25) is 0 Å². The van der Waals surface area contributed by atoms with E-state index in [-0.39, 0.29) is 11.6 Å². The Morgan fingerprint density at radius 1 is 1.17 bits per heavy atom. The molecule has 0 saturated heterocycles. The number of nitrogens with one attached hydrogen (secondary N) is 2. The highest BCUT2D eigenvalue weighted by Gasteiger charge is 2.26. The summed E-state index contributed by atoms with van der Waals surface area (Å²) in [5.41, 5.74) is 1.99. The molecule has 4 nitrogen and oxygen atoms in total. The van der Waals surface area contributed by atoms with Gasteiger partial charge in [0.2, 0.25) is 0 Å². The topological polar surface area (TPSA) is 50.4 Å². The third-order valence-electron chi connectivity index (χ3n) is 3.79. The molecule has 1 saturated carbocycles. The number of carbonyl (C=O) groups excluding carboxylic acids is 1. The van der Waals surface area contributed by atoms with E-state index < -0.39 is 5.60 Å². The fourth-order valence-corrected chi connectivity index (χ4v) is 2.62. The van der Waals surface area contributed by atoms with Crippen molar-refractivity contribution in [2.45, 2.75) is 71.1 Å². The van der Waals surface area contributed by atoms with Gasteiger partial charge in [-0.1, -0.05) is 24.3 Å². The van der Waals surface area contributed by atoms with Crippen LogP contribution >= 0.6 is 0 Å². The molecule has 1 aromatic rings. The van der Waals surface area contributed by atoms with Crippen molar-refractivity contribution in [3.05, 3.63) is 35.4 Å². The van der Waals surface area contributed by atoms with E-state index in [2.05, 4.69) is 34.9 Å². The van der Waals surface area contributed by atoms with Crippen LogP contribution in [0.4, 0.5) is 4.79 Å². The first-order valence-corrected chi connectivity index (χ1v) is 8.46. The van der Waals surface area contributed by atoms with Gasteiger partial charge in [0.15, 0.2) is 0 Å². The molecule has 0 unspecified atom stereocenters. The average Bonchev–Trinajstić information content (AvgIpc) is 3.20. The number of amides is 1. The molecule has 128 valence electrons. The molecule has 1 aromatic carbocycles. The highest BCUT2D eigenvalue weighted by Crippen LogP contribution is 2.41. The Morgan fingerprint density at radius 3 is 2.43 bits per heavy atom. The summed E-state index contributed by atoms with van der Waals surface area (Å²) in [6.45, 7) is 11.1. The third kappa shape index (κ3) is 6.22. The lowest BCUT2D eigenvalue weighted by atomic mass is 10.0. The van der Waals surface area contributed by atoms with Crippen molar-refractivity contribution in [1.29, 1.82) is 0 Å². The lowest BCUT2D eigenvalue weighted by Gasteiger charge is -2.29. The Kier molecular flexibility index (Phi) is 5.35. The van der Waals surface area contributed by atoms with Gasteiger partial charge in [0.25, 0.3) is 0 Å². The molecule has 0 spiro atoms. The molecule has 0 atom stereocenters. The predicted octanol–water partition coefficient (Wildman–Crippen LogP) is 3.96. The van der Waals surface area contributed by atoms with E-state index in [1.165, 1.54) is 24.0 Å². The van der Waals surface area contributed by atoms with Gasteiger partial charge < -0.3 is 15.4 Å². The number of benzene rings is 1. The normalized spacial score (nSPS) is 15.3. The molecule has 0 heterocycles. The van der Waals surface area contributed by atoms with Gasteiger partial charge in [-0.05, 0) is 64.5 Å². The number of rotatable bonds is 6. The summed E-state index contributed by atoms with van der Waals surface area (Å²) in [4.78, 5) is 11.9. The van der Waals surface area contributed by atoms with E-state index >= 15 is 0 Å². The summed E-state index contributed by atoms with van der Waals surface area (Å²) < 4.78 is 5.32. The maximum atomic E-state index is 11.9. The van der Waals surface area contributed by atoms with E-state index in [0.29, 0.717) is 6.54 Å². The van der Waals surface area contributed by atoms with Gasteiger partial charge in [-0.15, -0.1) is 0 Å². The Labute approximate surface area is 140 Å². The lowest BCUT2D eigenvalue weighted by Crippen LogP contribution is -2.51. The molecule has 0 aromatic heterocycles. The summed E-state index contributed by atoms with van der Waals surface area (Å²) >= 11 is 0. The second kappa shape index (κ2) is 6.91. The maximum Gasteiger partial charge on any atom is 0.408 e. The first kappa shape index (κ1) is 17.8. The second-order valence-electron chi connectivity index (χ2n) is 8.09. The van der Waals surface area contributed by atoms with Crippen molar-refractivity contribution in [3.63, 3.8) is 0 Å². The summed E-state index contributed by atoms with van der Waals surface area (Å²) in [6, 6.07) is 8.63. The minimum Gasteiger partial charge on any atom is -0.444 e. The van der Waals surface area contributed by atoms with Crippen LogP contribution in [0.5, 0.6) is 0 Å². The minimum absolute atomic E-state index is 0.364. The van der Waals surface area contributed by atoms with Crippen LogP contribution in [0, 0.1) is 0 Å². The number of carbonyl (C=O) groups is 1. The average molecular weight is 318 g/mol. The number of hydrogen-bond acceptors (Lipinski definition) is 3. The Morgan fingerprint density at radius 2 is 1.83 bits per heavy atom. The first-order chi connectivity index (χ1) is 10.7. The Bertz CT molecular complexity index is 543. The van der Waals surface area contributed by atoms with Crippen LogP contribution in [-0.4, -0.2) is 23.8 Å². The molecule has 0 bridgehead atoms. The van der Waals surface area contributed by atoms with E-state index in [1.807, 2.05) is 34.6 Å². The number of hydrogen-bond donors (Lipinski definition) is 2. The van der Waals surface area contributed by atoms with Crippen molar-refractivity contribution in [2.75, 3.05) is 6.54 Å². The molecule has 4 heteroatoms. The van der Waals surface area contributed by atoms with E-state index in [1.54, 1.807) is 0 Å². The molecule has 23 heavy (non-hydrogen) atoms. The SMILES string of the molecule is CC(C)(CNCc1ccccc1C1CC1)NC(=O)OC(C)(C)C. The van der Waals surface area contributed by atoms with Crippen molar-refractivity contribution < 1.29 is 9.53 Å². The van der Waals surface area contributed by atoms with Crippen LogP contribution in [-0.2, 0) is 11.3 Å². The van der Waals surface area contributed by atoms with Crippen LogP contribution in [0.1, 0.15) is 64.5 Å². The zero-order chi connectivity index (χ0) is 17.1. The van der Waals surface area contributed by atoms with Crippen molar-refractivity contribution >= 4 is 6.09 Å². The van der Waals surface area contributed by atoms with Gasteiger partial charge >= 0.3 is 6.09 Å². The summed E-state index contributed by atoms with van der Waals surface area (Å²) in [5.74, 6) is 0.751. The van der Waals surface area contributed by atoms with Gasteiger partial charge in [0.05, 0.1) is 5.54 Å². The lowest BCUT2D eigenvalue weighted by molar-refractivity contribution is 0.0472. The second-order valence-corrected chi connectivity index (χ2v) is 8.09. The quantitative estimate of drug-likeness (QED) is 0.835. The van der Waals surface area contributed by atoms with Crippen LogP contribution in [0.3, 0.4) is 0 Å². The van der Waals surface area contributed by atoms with Gasteiger partial charge in [-0.2, -0.15) is 0 Å². The largest absolute Gasteiger partial charge is 0.444 e. The van der Waals surface area contributed by atoms with Crippen LogP contribution in [0.15, 0.2) is 24.3 Å². The summed E-state index contributed by atoms with van der Waals surface area (Å²) in [6.07, 6.45) is 2.24. The van der Waals surface area contributed by atoms with E-state index in [0.717, 1.165) is 12.5 Å². The predicted molar refractivity (Wildman–Crippen MR) is 93.6 cm³/mol. The molecule has 1 aliphatic rings. The smallest absolute Gasteiger partial charge is 0.408 e. The van der Waals surface area contributed by atoms with Crippen LogP contribution in [0.25, 0.3) is 0 Å². The summed E-state index contributed by atoms with van der Waals surface area (Å²) in [7, 11) is 0. The summed E-state index contributed by atoms with van der Waals surface area (Å²) in [5, 5.41) is 6.39. The molecule has 1 aliphatic carbocycles. The Balaban J connectivity index is 1.82. The van der Waals surface area contributed by atoms with E-state index in [4.69, 9.17) is 4.74 Å². The zero-order valence-corrected chi connectivity index (χ0v) is 15.0.